The van der Waals surface area contributed by atoms with Gasteiger partial charge >= 0.3 is 5.97 Å². The van der Waals surface area contributed by atoms with E-state index in [1.807, 2.05) is 0 Å². The van der Waals surface area contributed by atoms with Crippen LogP contribution >= 0.6 is 0 Å². The van der Waals surface area contributed by atoms with E-state index in [9.17, 15) is 9.18 Å². The molecule has 0 aliphatic rings. The Hall–Kier alpha value is -1.65. The smallest absolute Gasteiger partial charge is 0.312 e. The number of esters is 1. The number of aromatic nitrogens is 1. The first kappa shape index (κ1) is 12.4. The summed E-state index contributed by atoms with van der Waals surface area (Å²) in [7, 11) is 0. The molecule has 0 spiro atoms. The van der Waals surface area contributed by atoms with E-state index in [-0.39, 0.29) is 17.9 Å². The number of rotatable bonds is 2. The second kappa shape index (κ2) is 4.47. The van der Waals surface area contributed by atoms with Crippen molar-refractivity contribution >= 4 is 5.97 Å². The Labute approximate surface area is 93.1 Å². The van der Waals surface area contributed by atoms with Crippen molar-refractivity contribution in [2.45, 2.75) is 32.8 Å². The fourth-order valence-corrected chi connectivity index (χ4v) is 1.10. The molecule has 16 heavy (non-hydrogen) atoms. The summed E-state index contributed by atoms with van der Waals surface area (Å²) < 4.78 is 18.2. The third-order valence-corrected chi connectivity index (χ3v) is 1.63. The molecule has 0 aliphatic carbocycles. The molecular weight excluding hydrogens is 213 g/mol. The van der Waals surface area contributed by atoms with Gasteiger partial charge < -0.3 is 9.84 Å². The van der Waals surface area contributed by atoms with E-state index < -0.39 is 17.4 Å². The Morgan fingerprint density at radius 3 is 2.69 bits per heavy atom. The Balaban J connectivity index is 2.70. The van der Waals surface area contributed by atoms with Crippen molar-refractivity contribution < 1.29 is 19.0 Å². The van der Waals surface area contributed by atoms with Gasteiger partial charge in [0.25, 0.3) is 0 Å². The number of ether oxygens (including phenoxy) is 1. The fraction of sp³-hybridized carbons (Fsp3) is 0.455. The number of hydrogen-bond acceptors (Lipinski definition) is 4. The number of carbonyl (C=O) groups is 1. The molecule has 0 aliphatic heterocycles. The molecule has 0 bridgehead atoms. The van der Waals surface area contributed by atoms with Crippen LogP contribution in [-0.2, 0) is 16.0 Å². The minimum atomic E-state index is -0.717. The molecular formula is C11H14FNO3. The van der Waals surface area contributed by atoms with Crippen LogP contribution in [0, 0.1) is 5.82 Å². The summed E-state index contributed by atoms with van der Waals surface area (Å²) in [5.74, 6) is -1.54. The maximum atomic E-state index is 13.2. The van der Waals surface area contributed by atoms with Crippen molar-refractivity contribution in [1.82, 2.24) is 4.98 Å². The first-order chi connectivity index (χ1) is 7.28. The van der Waals surface area contributed by atoms with Gasteiger partial charge in [0.15, 0.2) is 0 Å². The van der Waals surface area contributed by atoms with Crippen LogP contribution in [0.4, 0.5) is 4.39 Å². The third kappa shape index (κ3) is 3.84. The van der Waals surface area contributed by atoms with E-state index in [0.717, 1.165) is 12.3 Å². The molecule has 0 radical (unpaired) electrons. The first-order valence-corrected chi connectivity index (χ1v) is 4.83. The number of nitrogens with zero attached hydrogens (tertiary/aromatic N) is 1. The minimum Gasteiger partial charge on any atom is -0.506 e. The lowest BCUT2D eigenvalue weighted by molar-refractivity contribution is -0.154. The molecule has 1 aromatic rings. The van der Waals surface area contributed by atoms with Crippen LogP contribution in [0.3, 0.4) is 0 Å². The number of carbonyl (C=O) groups excluding carboxylic acids is 1. The molecule has 1 heterocycles. The summed E-state index contributed by atoms with van der Waals surface area (Å²) in [5, 5.41) is 8.94. The van der Waals surface area contributed by atoms with Gasteiger partial charge in [0.2, 0.25) is 0 Å². The highest BCUT2D eigenvalue weighted by Gasteiger charge is 2.18. The van der Waals surface area contributed by atoms with Crippen LogP contribution in [0.15, 0.2) is 12.3 Å². The van der Waals surface area contributed by atoms with Crippen molar-refractivity contribution in [2.75, 3.05) is 0 Å². The van der Waals surface area contributed by atoms with E-state index in [1.54, 1.807) is 20.8 Å². The monoisotopic (exact) mass is 227 g/mol. The van der Waals surface area contributed by atoms with Gasteiger partial charge in [-0.15, -0.1) is 0 Å². The van der Waals surface area contributed by atoms with Crippen molar-refractivity contribution in [2.24, 2.45) is 0 Å². The first-order valence-electron chi connectivity index (χ1n) is 4.83. The molecule has 0 saturated carbocycles. The molecule has 0 atom stereocenters. The van der Waals surface area contributed by atoms with Crippen molar-refractivity contribution in [3.63, 3.8) is 0 Å². The fourth-order valence-electron chi connectivity index (χ4n) is 1.10. The highest BCUT2D eigenvalue weighted by molar-refractivity contribution is 5.72. The normalized spacial score (nSPS) is 11.2. The Morgan fingerprint density at radius 2 is 2.19 bits per heavy atom. The van der Waals surface area contributed by atoms with Crippen LogP contribution < -0.4 is 0 Å². The zero-order valence-electron chi connectivity index (χ0n) is 9.45. The molecule has 1 rings (SSSR count). The summed E-state index contributed by atoms with van der Waals surface area (Å²) in [4.78, 5) is 15.0. The molecule has 0 amide bonds. The second-order valence-corrected chi connectivity index (χ2v) is 4.39. The SMILES string of the molecule is CC(C)(C)OC(=O)Cc1ncc(O)cc1F. The predicted molar refractivity (Wildman–Crippen MR) is 55.4 cm³/mol. The highest BCUT2D eigenvalue weighted by Crippen LogP contribution is 2.14. The van der Waals surface area contributed by atoms with Gasteiger partial charge in [0.05, 0.1) is 18.3 Å². The largest absolute Gasteiger partial charge is 0.506 e. The van der Waals surface area contributed by atoms with Crippen molar-refractivity contribution in [1.29, 1.82) is 0 Å². The van der Waals surface area contributed by atoms with Gasteiger partial charge in [0.1, 0.15) is 17.2 Å². The van der Waals surface area contributed by atoms with E-state index >= 15 is 0 Å². The number of hydrogen-bond donors (Lipinski definition) is 1. The molecule has 88 valence electrons. The molecule has 1 N–H and O–H groups in total. The predicted octanol–water partition coefficient (Wildman–Crippen LogP) is 1.81. The quantitative estimate of drug-likeness (QED) is 0.783. The van der Waals surface area contributed by atoms with Crippen molar-refractivity contribution in [3.05, 3.63) is 23.8 Å². The van der Waals surface area contributed by atoms with Crippen LogP contribution in [0.5, 0.6) is 5.75 Å². The number of aromatic hydroxyl groups is 1. The van der Waals surface area contributed by atoms with Crippen LogP contribution in [0.1, 0.15) is 26.5 Å². The summed E-state index contributed by atoms with van der Waals surface area (Å²) in [6.45, 7) is 5.18. The Kier molecular flexibility index (Phi) is 3.47. The van der Waals surface area contributed by atoms with Crippen LogP contribution in [0.25, 0.3) is 0 Å². The van der Waals surface area contributed by atoms with E-state index in [2.05, 4.69) is 4.98 Å². The van der Waals surface area contributed by atoms with Crippen LogP contribution in [0.2, 0.25) is 0 Å². The van der Waals surface area contributed by atoms with E-state index in [0.29, 0.717) is 0 Å². The molecule has 1 aromatic heterocycles. The second-order valence-electron chi connectivity index (χ2n) is 4.39. The molecule has 0 unspecified atom stereocenters. The summed E-state index contributed by atoms with van der Waals surface area (Å²) >= 11 is 0. The van der Waals surface area contributed by atoms with Crippen molar-refractivity contribution in [3.8, 4) is 5.75 Å². The maximum absolute atomic E-state index is 13.2. The highest BCUT2D eigenvalue weighted by atomic mass is 19.1. The minimum absolute atomic E-state index is 0.0351. The lowest BCUT2D eigenvalue weighted by Gasteiger charge is -2.19. The Morgan fingerprint density at radius 1 is 1.56 bits per heavy atom. The van der Waals surface area contributed by atoms with E-state index in [4.69, 9.17) is 9.84 Å². The standard InChI is InChI=1S/C11H14FNO3/c1-11(2,3)16-10(15)5-9-8(12)4-7(14)6-13-9/h4,6,14H,5H2,1-3H3. The average Bonchev–Trinajstić information content (AvgIpc) is 2.06. The summed E-state index contributed by atoms with van der Waals surface area (Å²) in [5.41, 5.74) is -0.642. The maximum Gasteiger partial charge on any atom is 0.312 e. The molecule has 5 heteroatoms. The number of halogens is 1. The third-order valence-electron chi connectivity index (χ3n) is 1.63. The molecule has 0 fully saturated rings. The van der Waals surface area contributed by atoms with Gasteiger partial charge in [0, 0.05) is 6.07 Å². The topological polar surface area (TPSA) is 59.4 Å². The Bertz CT molecular complexity index is 399. The molecule has 0 saturated heterocycles. The zero-order chi connectivity index (χ0) is 12.3. The van der Waals surface area contributed by atoms with Gasteiger partial charge in [-0.1, -0.05) is 0 Å². The van der Waals surface area contributed by atoms with Gasteiger partial charge in [-0.3, -0.25) is 9.78 Å². The molecule has 4 nitrogen and oxygen atoms in total. The molecule has 0 aromatic carbocycles. The van der Waals surface area contributed by atoms with Gasteiger partial charge in [-0.05, 0) is 20.8 Å². The van der Waals surface area contributed by atoms with Crippen LogP contribution in [-0.4, -0.2) is 21.7 Å². The summed E-state index contributed by atoms with van der Waals surface area (Å²) in [6, 6.07) is 0.909. The zero-order valence-corrected chi connectivity index (χ0v) is 9.45. The van der Waals surface area contributed by atoms with Gasteiger partial charge in [-0.2, -0.15) is 0 Å². The lowest BCUT2D eigenvalue weighted by atomic mass is 10.2. The summed E-state index contributed by atoms with van der Waals surface area (Å²) in [6.07, 6.45) is 0.839. The average molecular weight is 227 g/mol. The number of pyridine rings is 1. The van der Waals surface area contributed by atoms with E-state index in [1.165, 1.54) is 0 Å². The lowest BCUT2D eigenvalue weighted by Crippen LogP contribution is -2.25. The van der Waals surface area contributed by atoms with Gasteiger partial charge in [-0.25, -0.2) is 4.39 Å².